The van der Waals surface area contributed by atoms with Crippen LogP contribution in [0.2, 0.25) is 0 Å². The minimum atomic E-state index is -0.909. The third-order valence-corrected chi connectivity index (χ3v) is 2.81. The topological polar surface area (TPSA) is 76.0 Å². The molecule has 1 N–H and O–H groups in total. The van der Waals surface area contributed by atoms with Crippen LogP contribution in [0.3, 0.4) is 0 Å². The van der Waals surface area contributed by atoms with Crippen LogP contribution < -0.4 is 0 Å². The van der Waals surface area contributed by atoms with Crippen LogP contribution in [0.4, 0.5) is 0 Å². The molecule has 0 radical (unpaired) electrons. The average molecular weight is 257 g/mol. The molecule has 0 bridgehead atoms. The molecule has 0 aliphatic carbocycles. The number of pyridine rings is 1. The monoisotopic (exact) mass is 257 g/mol. The number of aliphatic carboxylic acids is 1. The molecule has 5 heteroatoms. The number of hydrogen-bond donors (Lipinski definition) is 1. The zero-order chi connectivity index (χ0) is 13.8. The fraction of sp³-hybridized carbons (Fsp3) is 0.286. The lowest BCUT2D eigenvalue weighted by atomic mass is 9.95. The van der Waals surface area contributed by atoms with E-state index in [0.29, 0.717) is 17.2 Å². The first kappa shape index (κ1) is 13.1. The van der Waals surface area contributed by atoms with Crippen molar-refractivity contribution in [3.8, 4) is 11.4 Å². The molecule has 2 aromatic rings. The molecule has 0 spiro atoms. The molecular weight excluding hydrogens is 242 g/mol. The normalized spacial score (nSPS) is 12.4. The summed E-state index contributed by atoms with van der Waals surface area (Å²) in [7, 11) is 0. The van der Waals surface area contributed by atoms with E-state index >= 15 is 0 Å². The van der Waals surface area contributed by atoms with Gasteiger partial charge in [0.15, 0.2) is 0 Å². The van der Waals surface area contributed by atoms with Crippen molar-refractivity contribution in [2.75, 3.05) is 0 Å². The molecule has 0 saturated heterocycles. The quantitative estimate of drug-likeness (QED) is 0.909. The zero-order valence-corrected chi connectivity index (χ0v) is 10.8. The van der Waals surface area contributed by atoms with E-state index in [1.165, 1.54) is 0 Å². The predicted octanol–water partition coefficient (Wildman–Crippen LogP) is 2.36. The van der Waals surface area contributed by atoms with E-state index in [1.807, 2.05) is 32.0 Å². The number of carbonyl (C=O) groups is 1. The van der Waals surface area contributed by atoms with E-state index in [1.54, 1.807) is 18.5 Å². The molecule has 0 amide bonds. The number of aromatic nitrogens is 3. The third-order valence-electron chi connectivity index (χ3n) is 2.81. The second kappa shape index (κ2) is 5.56. The Balaban J connectivity index is 2.42. The molecule has 19 heavy (non-hydrogen) atoms. The van der Waals surface area contributed by atoms with Crippen molar-refractivity contribution in [2.24, 2.45) is 5.92 Å². The molecule has 0 aromatic carbocycles. The highest BCUT2D eigenvalue weighted by Crippen LogP contribution is 2.23. The van der Waals surface area contributed by atoms with Gasteiger partial charge in [0.2, 0.25) is 0 Å². The first-order valence-electron chi connectivity index (χ1n) is 6.06. The first-order chi connectivity index (χ1) is 9.09. The Kier molecular flexibility index (Phi) is 3.85. The van der Waals surface area contributed by atoms with E-state index in [2.05, 4.69) is 15.0 Å². The molecule has 1 atom stereocenters. The summed E-state index contributed by atoms with van der Waals surface area (Å²) in [6.45, 7) is 3.69. The maximum atomic E-state index is 11.3. The molecule has 2 rings (SSSR count). The lowest BCUT2D eigenvalue weighted by Crippen LogP contribution is -2.20. The standard InChI is InChI=1S/C14H15N3O2/c1-9(2)12(14(18)19)13-16-8-6-11(17-13)10-5-3-4-7-15-10/h3-9,12H,1-2H3,(H,18,19). The molecular formula is C14H15N3O2. The average Bonchev–Trinajstić information content (AvgIpc) is 2.39. The molecule has 5 nitrogen and oxygen atoms in total. The zero-order valence-electron chi connectivity index (χ0n) is 10.8. The van der Waals surface area contributed by atoms with E-state index in [0.717, 1.165) is 0 Å². The van der Waals surface area contributed by atoms with Crippen LogP contribution in [0.15, 0.2) is 36.7 Å². The SMILES string of the molecule is CC(C)C(C(=O)O)c1nccc(-c2ccccn2)n1. The van der Waals surface area contributed by atoms with E-state index < -0.39 is 11.9 Å². The Morgan fingerprint density at radius 1 is 1.11 bits per heavy atom. The van der Waals surface area contributed by atoms with Crippen molar-refractivity contribution in [1.29, 1.82) is 0 Å². The molecule has 0 aliphatic rings. The van der Waals surface area contributed by atoms with E-state index in [4.69, 9.17) is 0 Å². The van der Waals surface area contributed by atoms with Crippen LogP contribution in [0.5, 0.6) is 0 Å². The van der Waals surface area contributed by atoms with E-state index in [9.17, 15) is 9.90 Å². The van der Waals surface area contributed by atoms with Gasteiger partial charge in [-0.15, -0.1) is 0 Å². The number of nitrogens with zero attached hydrogens (tertiary/aromatic N) is 3. The molecule has 0 fully saturated rings. The largest absolute Gasteiger partial charge is 0.481 e. The summed E-state index contributed by atoms with van der Waals surface area (Å²) in [5, 5.41) is 9.26. The fourth-order valence-electron chi connectivity index (χ4n) is 1.87. The van der Waals surface area contributed by atoms with Gasteiger partial charge >= 0.3 is 5.97 Å². The van der Waals surface area contributed by atoms with Gasteiger partial charge in [0.05, 0.1) is 11.4 Å². The molecule has 1 unspecified atom stereocenters. The van der Waals surface area contributed by atoms with Gasteiger partial charge in [-0.2, -0.15) is 0 Å². The van der Waals surface area contributed by atoms with Gasteiger partial charge in [-0.3, -0.25) is 9.78 Å². The predicted molar refractivity (Wildman–Crippen MR) is 70.5 cm³/mol. The Hall–Kier alpha value is -2.30. The lowest BCUT2D eigenvalue weighted by molar-refractivity contribution is -0.140. The molecule has 2 heterocycles. The highest BCUT2D eigenvalue weighted by molar-refractivity contribution is 5.75. The Bertz CT molecular complexity index is 570. The Morgan fingerprint density at radius 3 is 2.47 bits per heavy atom. The van der Waals surface area contributed by atoms with Crippen molar-refractivity contribution >= 4 is 5.97 Å². The summed E-state index contributed by atoms with van der Waals surface area (Å²) in [5.41, 5.74) is 1.34. The highest BCUT2D eigenvalue weighted by Gasteiger charge is 2.26. The first-order valence-corrected chi connectivity index (χ1v) is 6.06. The van der Waals surface area contributed by atoms with Crippen LogP contribution in [-0.4, -0.2) is 26.0 Å². The van der Waals surface area contributed by atoms with Crippen molar-refractivity contribution in [2.45, 2.75) is 19.8 Å². The minimum Gasteiger partial charge on any atom is -0.481 e. The smallest absolute Gasteiger partial charge is 0.314 e. The Labute approximate surface area is 111 Å². The lowest BCUT2D eigenvalue weighted by Gasteiger charge is -2.15. The number of carboxylic acid groups (broad SMARTS) is 1. The summed E-state index contributed by atoms with van der Waals surface area (Å²) in [4.78, 5) is 23.9. The number of hydrogen-bond acceptors (Lipinski definition) is 4. The maximum Gasteiger partial charge on any atom is 0.314 e. The second-order valence-corrected chi connectivity index (χ2v) is 4.57. The van der Waals surface area contributed by atoms with Crippen LogP contribution in [0, 0.1) is 5.92 Å². The summed E-state index contributed by atoms with van der Waals surface area (Å²) in [5.74, 6) is -1.36. The van der Waals surface area contributed by atoms with Crippen LogP contribution in [0.1, 0.15) is 25.6 Å². The van der Waals surface area contributed by atoms with Crippen LogP contribution in [-0.2, 0) is 4.79 Å². The third kappa shape index (κ3) is 2.93. The minimum absolute atomic E-state index is 0.0727. The number of rotatable bonds is 4. The summed E-state index contributed by atoms with van der Waals surface area (Å²) >= 11 is 0. The Morgan fingerprint density at radius 2 is 1.89 bits per heavy atom. The van der Waals surface area contributed by atoms with Gasteiger partial charge in [-0.1, -0.05) is 19.9 Å². The highest BCUT2D eigenvalue weighted by atomic mass is 16.4. The molecule has 2 aromatic heterocycles. The number of carboxylic acids is 1. The summed E-state index contributed by atoms with van der Waals surface area (Å²) in [6.07, 6.45) is 3.25. The summed E-state index contributed by atoms with van der Waals surface area (Å²) in [6, 6.07) is 7.24. The van der Waals surface area contributed by atoms with Crippen molar-refractivity contribution in [3.63, 3.8) is 0 Å². The van der Waals surface area contributed by atoms with Gasteiger partial charge in [0.1, 0.15) is 11.7 Å². The molecule has 0 saturated carbocycles. The summed E-state index contributed by atoms with van der Waals surface area (Å²) < 4.78 is 0. The molecule has 0 aliphatic heterocycles. The van der Waals surface area contributed by atoms with Gasteiger partial charge in [0.25, 0.3) is 0 Å². The van der Waals surface area contributed by atoms with Crippen LogP contribution >= 0.6 is 0 Å². The van der Waals surface area contributed by atoms with Crippen molar-refractivity contribution in [1.82, 2.24) is 15.0 Å². The molecule has 98 valence electrons. The van der Waals surface area contributed by atoms with Gasteiger partial charge in [-0.25, -0.2) is 9.97 Å². The second-order valence-electron chi connectivity index (χ2n) is 4.57. The maximum absolute atomic E-state index is 11.3. The van der Waals surface area contributed by atoms with Gasteiger partial charge < -0.3 is 5.11 Å². The van der Waals surface area contributed by atoms with Crippen molar-refractivity contribution < 1.29 is 9.90 Å². The fourth-order valence-corrected chi connectivity index (χ4v) is 1.87. The van der Waals surface area contributed by atoms with Crippen molar-refractivity contribution in [3.05, 3.63) is 42.5 Å². The van der Waals surface area contributed by atoms with Gasteiger partial charge in [0, 0.05) is 12.4 Å². The van der Waals surface area contributed by atoms with Crippen LogP contribution in [0.25, 0.3) is 11.4 Å². The van der Waals surface area contributed by atoms with E-state index in [-0.39, 0.29) is 5.92 Å². The van der Waals surface area contributed by atoms with Gasteiger partial charge in [-0.05, 0) is 24.1 Å².